The number of nitrogens with zero attached hydrogens (tertiary/aromatic N) is 1. The zero-order valence-corrected chi connectivity index (χ0v) is 12.0. The molecule has 0 aliphatic carbocycles. The van der Waals surface area contributed by atoms with Crippen LogP contribution < -0.4 is 5.73 Å². The second-order valence-corrected chi connectivity index (χ2v) is 6.45. The SMILES string of the molecule is Cc1cc(F)ccc1S(=O)(=O)N(C)C(C)C(N)=S. The van der Waals surface area contributed by atoms with E-state index in [9.17, 15) is 12.8 Å². The van der Waals surface area contributed by atoms with Gasteiger partial charge < -0.3 is 5.73 Å². The van der Waals surface area contributed by atoms with E-state index < -0.39 is 21.9 Å². The number of thiocarbonyl (C=S) groups is 1. The van der Waals surface area contributed by atoms with Crippen molar-refractivity contribution in [3.8, 4) is 0 Å². The third-order valence-electron chi connectivity index (χ3n) is 2.75. The summed E-state index contributed by atoms with van der Waals surface area (Å²) in [4.78, 5) is 0.135. The van der Waals surface area contributed by atoms with E-state index in [1.165, 1.54) is 26.1 Å². The average Bonchev–Trinajstić information content (AvgIpc) is 2.26. The first-order valence-corrected chi connectivity index (χ1v) is 7.06. The molecule has 0 saturated heterocycles. The van der Waals surface area contributed by atoms with Gasteiger partial charge in [0.25, 0.3) is 0 Å². The standard InChI is InChI=1S/C11H15FN2O2S2/c1-7-6-9(12)4-5-10(7)18(15,16)14(3)8(2)11(13)17/h4-6,8H,1-3H3,(H2,13,17). The largest absolute Gasteiger partial charge is 0.392 e. The lowest BCUT2D eigenvalue weighted by molar-refractivity contribution is 0.451. The van der Waals surface area contributed by atoms with Gasteiger partial charge in [0.15, 0.2) is 0 Å². The molecule has 100 valence electrons. The Bertz CT molecular complexity index is 572. The Morgan fingerprint density at radius 2 is 2.06 bits per heavy atom. The van der Waals surface area contributed by atoms with E-state index in [1.807, 2.05) is 0 Å². The monoisotopic (exact) mass is 290 g/mol. The van der Waals surface area contributed by atoms with Crippen LogP contribution in [0.4, 0.5) is 4.39 Å². The Morgan fingerprint density at radius 3 is 2.50 bits per heavy atom. The lowest BCUT2D eigenvalue weighted by atomic mass is 10.2. The van der Waals surface area contributed by atoms with Crippen LogP contribution in [0, 0.1) is 12.7 Å². The maximum Gasteiger partial charge on any atom is 0.243 e. The van der Waals surface area contributed by atoms with E-state index in [-0.39, 0.29) is 9.88 Å². The van der Waals surface area contributed by atoms with Crippen molar-refractivity contribution in [2.75, 3.05) is 7.05 Å². The van der Waals surface area contributed by atoms with Crippen molar-refractivity contribution in [3.05, 3.63) is 29.6 Å². The summed E-state index contributed by atoms with van der Waals surface area (Å²) in [5.41, 5.74) is 5.78. The Morgan fingerprint density at radius 1 is 1.50 bits per heavy atom. The van der Waals surface area contributed by atoms with Crippen molar-refractivity contribution >= 4 is 27.2 Å². The fourth-order valence-corrected chi connectivity index (χ4v) is 3.22. The first-order chi connectivity index (χ1) is 8.17. The van der Waals surface area contributed by atoms with Crippen LogP contribution in [0.5, 0.6) is 0 Å². The summed E-state index contributed by atoms with van der Waals surface area (Å²) in [5.74, 6) is -0.475. The molecule has 1 aromatic carbocycles. The number of hydrogen-bond donors (Lipinski definition) is 1. The van der Waals surface area contributed by atoms with E-state index >= 15 is 0 Å². The van der Waals surface area contributed by atoms with Crippen molar-refractivity contribution in [2.24, 2.45) is 5.73 Å². The van der Waals surface area contributed by atoms with Crippen LogP contribution in [0.3, 0.4) is 0 Å². The number of rotatable bonds is 4. The second-order valence-electron chi connectivity index (χ2n) is 4.01. The first kappa shape index (κ1) is 15.0. The fraction of sp³-hybridized carbons (Fsp3) is 0.364. The molecule has 0 aliphatic rings. The molecule has 1 unspecified atom stereocenters. The van der Waals surface area contributed by atoms with Gasteiger partial charge in [0.2, 0.25) is 10.0 Å². The van der Waals surface area contributed by atoms with Crippen molar-refractivity contribution in [1.29, 1.82) is 0 Å². The summed E-state index contributed by atoms with van der Waals surface area (Å²) in [6.45, 7) is 3.13. The number of sulfonamides is 1. The van der Waals surface area contributed by atoms with Gasteiger partial charge in [-0.2, -0.15) is 4.31 Å². The number of likely N-dealkylation sites (N-methyl/N-ethyl adjacent to an activating group) is 1. The van der Waals surface area contributed by atoms with E-state index in [0.29, 0.717) is 5.56 Å². The lowest BCUT2D eigenvalue weighted by Crippen LogP contribution is -2.42. The van der Waals surface area contributed by atoms with Gasteiger partial charge >= 0.3 is 0 Å². The van der Waals surface area contributed by atoms with Gasteiger partial charge in [0.05, 0.1) is 15.9 Å². The molecule has 1 aromatic rings. The zero-order chi connectivity index (χ0) is 14.1. The minimum Gasteiger partial charge on any atom is -0.392 e. The molecule has 0 saturated carbocycles. The lowest BCUT2D eigenvalue weighted by Gasteiger charge is -2.24. The van der Waals surface area contributed by atoms with Crippen molar-refractivity contribution in [2.45, 2.75) is 24.8 Å². The molecule has 0 aliphatic heterocycles. The summed E-state index contributed by atoms with van der Waals surface area (Å²) in [6.07, 6.45) is 0. The van der Waals surface area contributed by atoms with E-state index in [2.05, 4.69) is 0 Å². The molecule has 0 spiro atoms. The molecule has 0 aromatic heterocycles. The van der Waals surface area contributed by atoms with Crippen molar-refractivity contribution < 1.29 is 12.8 Å². The molecule has 0 bridgehead atoms. The summed E-state index contributed by atoms with van der Waals surface area (Å²) in [5, 5.41) is 0. The van der Waals surface area contributed by atoms with Crippen LogP contribution in [0.25, 0.3) is 0 Å². The van der Waals surface area contributed by atoms with Crippen LogP contribution in [-0.2, 0) is 10.0 Å². The first-order valence-electron chi connectivity index (χ1n) is 5.21. The summed E-state index contributed by atoms with van der Waals surface area (Å²) in [7, 11) is -2.34. The van der Waals surface area contributed by atoms with Crippen molar-refractivity contribution in [3.63, 3.8) is 0 Å². The van der Waals surface area contributed by atoms with Crippen LogP contribution in [0.2, 0.25) is 0 Å². The number of benzene rings is 1. The summed E-state index contributed by atoms with van der Waals surface area (Å²) >= 11 is 4.78. The highest BCUT2D eigenvalue weighted by atomic mass is 32.2. The van der Waals surface area contributed by atoms with Gasteiger partial charge in [-0.15, -0.1) is 0 Å². The Kier molecular flexibility index (Phi) is 4.41. The summed E-state index contributed by atoms with van der Waals surface area (Å²) < 4.78 is 38.7. The van der Waals surface area contributed by atoms with Crippen LogP contribution in [0.15, 0.2) is 23.1 Å². The van der Waals surface area contributed by atoms with Gasteiger partial charge in [-0.25, -0.2) is 12.8 Å². The van der Waals surface area contributed by atoms with Gasteiger partial charge in [-0.05, 0) is 37.6 Å². The van der Waals surface area contributed by atoms with E-state index in [0.717, 1.165) is 10.4 Å². The van der Waals surface area contributed by atoms with E-state index in [1.54, 1.807) is 6.92 Å². The van der Waals surface area contributed by atoms with Crippen molar-refractivity contribution in [1.82, 2.24) is 4.31 Å². The van der Waals surface area contributed by atoms with Gasteiger partial charge in [0, 0.05) is 7.05 Å². The molecule has 7 heteroatoms. The maximum atomic E-state index is 13.0. The highest BCUT2D eigenvalue weighted by Gasteiger charge is 2.28. The van der Waals surface area contributed by atoms with Gasteiger partial charge in [-0.3, -0.25) is 0 Å². The molecular formula is C11H15FN2O2S2. The topological polar surface area (TPSA) is 63.4 Å². The normalized spacial score (nSPS) is 13.6. The highest BCUT2D eigenvalue weighted by molar-refractivity contribution is 7.89. The van der Waals surface area contributed by atoms with E-state index in [4.69, 9.17) is 18.0 Å². The van der Waals surface area contributed by atoms with Crippen LogP contribution in [-0.4, -0.2) is 30.8 Å². The third-order valence-corrected chi connectivity index (χ3v) is 5.18. The summed E-state index contributed by atoms with van der Waals surface area (Å²) in [6, 6.07) is 2.92. The molecule has 1 rings (SSSR count). The molecule has 2 N–H and O–H groups in total. The smallest absolute Gasteiger partial charge is 0.243 e. The number of hydrogen-bond acceptors (Lipinski definition) is 3. The second kappa shape index (κ2) is 5.29. The third kappa shape index (κ3) is 2.85. The maximum absolute atomic E-state index is 13.0. The highest BCUT2D eigenvalue weighted by Crippen LogP contribution is 2.21. The minimum atomic E-state index is -3.73. The zero-order valence-electron chi connectivity index (χ0n) is 10.3. The average molecular weight is 290 g/mol. The van der Waals surface area contributed by atoms with Gasteiger partial charge in [0.1, 0.15) is 5.82 Å². The number of aryl methyl sites for hydroxylation is 1. The van der Waals surface area contributed by atoms with Gasteiger partial charge in [-0.1, -0.05) is 12.2 Å². The minimum absolute atomic E-state index is 0.0505. The number of halogens is 1. The van der Waals surface area contributed by atoms with Crippen LogP contribution >= 0.6 is 12.2 Å². The van der Waals surface area contributed by atoms with Crippen LogP contribution in [0.1, 0.15) is 12.5 Å². The molecule has 18 heavy (non-hydrogen) atoms. The Labute approximate surface area is 112 Å². The Balaban J connectivity index is 3.25. The quantitative estimate of drug-likeness (QED) is 0.852. The molecule has 4 nitrogen and oxygen atoms in total. The predicted octanol–water partition coefficient (Wildman–Crippen LogP) is 1.43. The molecule has 0 heterocycles. The molecule has 0 amide bonds. The molecule has 1 atom stereocenters. The Hall–Kier alpha value is -1.05. The number of nitrogens with two attached hydrogens (primary N) is 1. The molecular weight excluding hydrogens is 275 g/mol. The molecule has 0 radical (unpaired) electrons. The molecule has 0 fully saturated rings. The fourth-order valence-electron chi connectivity index (χ4n) is 1.44. The predicted molar refractivity (Wildman–Crippen MR) is 72.3 cm³/mol.